The zero-order valence-corrected chi connectivity index (χ0v) is 6.92. The van der Waals surface area contributed by atoms with Gasteiger partial charge in [0.1, 0.15) is 0 Å². The van der Waals surface area contributed by atoms with E-state index >= 15 is 0 Å². The van der Waals surface area contributed by atoms with Gasteiger partial charge in [0, 0.05) is 0 Å². The highest BCUT2D eigenvalue weighted by Crippen LogP contribution is 2.32. The van der Waals surface area contributed by atoms with E-state index in [9.17, 15) is 0 Å². The number of nitrogens with two attached hydrogens (primary N) is 1. The van der Waals surface area contributed by atoms with E-state index in [1.165, 1.54) is 12.8 Å². The summed E-state index contributed by atoms with van der Waals surface area (Å²) < 4.78 is 0. The van der Waals surface area contributed by atoms with Crippen molar-refractivity contribution >= 4 is 0 Å². The van der Waals surface area contributed by atoms with Gasteiger partial charge in [0.15, 0.2) is 0 Å². The fraction of sp³-hybridized carbons (Fsp3) is 0.778. The molecule has 0 aromatic rings. The molecule has 0 saturated heterocycles. The summed E-state index contributed by atoms with van der Waals surface area (Å²) in [6, 6.07) is 0. The molecule has 0 bridgehead atoms. The molecule has 1 rings (SSSR count). The fourth-order valence-electron chi connectivity index (χ4n) is 1.82. The summed E-state index contributed by atoms with van der Waals surface area (Å²) in [5, 5.41) is 9.05. The highest BCUT2D eigenvalue weighted by atomic mass is 16.3. The molecule has 64 valence electrons. The molecule has 1 unspecified atom stereocenters. The van der Waals surface area contributed by atoms with Crippen LogP contribution in [-0.4, -0.2) is 17.3 Å². The molecule has 11 heavy (non-hydrogen) atoms. The molecule has 3 N–H and O–H groups in total. The molecule has 0 heterocycles. The monoisotopic (exact) mass is 155 g/mol. The van der Waals surface area contributed by atoms with Gasteiger partial charge in [-0.3, -0.25) is 0 Å². The van der Waals surface area contributed by atoms with Crippen molar-refractivity contribution in [1.82, 2.24) is 0 Å². The van der Waals surface area contributed by atoms with Gasteiger partial charge < -0.3 is 10.8 Å². The topological polar surface area (TPSA) is 46.2 Å². The van der Waals surface area contributed by atoms with Gasteiger partial charge >= 0.3 is 0 Å². The molecule has 1 aliphatic rings. The molecule has 1 aliphatic carbocycles. The molecule has 0 aromatic carbocycles. The maximum absolute atomic E-state index is 9.05. The first kappa shape index (κ1) is 8.75. The molecule has 0 spiro atoms. The third-order valence-corrected chi connectivity index (χ3v) is 2.77. The zero-order valence-electron chi connectivity index (χ0n) is 6.92. The lowest BCUT2D eigenvalue weighted by Gasteiger charge is -2.29. The Labute approximate surface area is 68.1 Å². The minimum absolute atomic E-state index is 0.0289. The van der Waals surface area contributed by atoms with Gasteiger partial charge in [-0.05, 0) is 18.8 Å². The largest absolute Gasteiger partial charge is 0.394 e. The highest BCUT2D eigenvalue weighted by Gasteiger charge is 2.33. The van der Waals surface area contributed by atoms with Crippen molar-refractivity contribution < 1.29 is 5.11 Å². The molecule has 2 nitrogen and oxygen atoms in total. The zero-order chi connectivity index (χ0) is 8.32. The Balaban J connectivity index is 2.59. The predicted molar refractivity (Wildman–Crippen MR) is 46.2 cm³/mol. The summed E-state index contributed by atoms with van der Waals surface area (Å²) >= 11 is 0. The van der Waals surface area contributed by atoms with Crippen LogP contribution in [0.5, 0.6) is 0 Å². The Morgan fingerprint density at radius 2 is 2.09 bits per heavy atom. The van der Waals surface area contributed by atoms with Crippen molar-refractivity contribution in [3.8, 4) is 0 Å². The molecule has 1 fully saturated rings. The van der Waals surface area contributed by atoms with Crippen molar-refractivity contribution in [3.05, 3.63) is 12.7 Å². The number of aliphatic hydroxyl groups is 1. The van der Waals surface area contributed by atoms with E-state index < -0.39 is 5.54 Å². The smallest absolute Gasteiger partial charge is 0.0649 e. The van der Waals surface area contributed by atoms with Crippen molar-refractivity contribution in [2.45, 2.75) is 31.2 Å². The van der Waals surface area contributed by atoms with Crippen LogP contribution in [0.3, 0.4) is 0 Å². The third-order valence-electron chi connectivity index (χ3n) is 2.77. The van der Waals surface area contributed by atoms with E-state index in [1.807, 2.05) is 0 Å². The van der Waals surface area contributed by atoms with E-state index in [-0.39, 0.29) is 6.61 Å². The quantitative estimate of drug-likeness (QED) is 0.598. The SMILES string of the molecule is C=CC(N)(CO)C1CCCC1. The summed E-state index contributed by atoms with van der Waals surface area (Å²) in [5.74, 6) is 0.449. The van der Waals surface area contributed by atoms with Crippen LogP contribution in [-0.2, 0) is 0 Å². The van der Waals surface area contributed by atoms with Crippen LogP contribution in [0.4, 0.5) is 0 Å². The van der Waals surface area contributed by atoms with E-state index in [2.05, 4.69) is 6.58 Å². The Bertz CT molecular complexity index is 140. The first-order valence-electron chi connectivity index (χ1n) is 4.26. The van der Waals surface area contributed by atoms with Crippen LogP contribution in [0.2, 0.25) is 0 Å². The normalized spacial score (nSPS) is 24.9. The van der Waals surface area contributed by atoms with Gasteiger partial charge in [0.05, 0.1) is 12.1 Å². The van der Waals surface area contributed by atoms with E-state index in [4.69, 9.17) is 10.8 Å². The van der Waals surface area contributed by atoms with Gasteiger partial charge in [-0.1, -0.05) is 18.9 Å². The predicted octanol–water partition coefficient (Wildman–Crippen LogP) is 1.05. The molecule has 2 heteroatoms. The minimum atomic E-state index is -0.517. The van der Waals surface area contributed by atoms with Crippen LogP contribution < -0.4 is 5.73 Å². The second-order valence-electron chi connectivity index (χ2n) is 3.46. The van der Waals surface area contributed by atoms with Crippen LogP contribution in [0.15, 0.2) is 12.7 Å². The minimum Gasteiger partial charge on any atom is -0.394 e. The van der Waals surface area contributed by atoms with Gasteiger partial charge in [0.2, 0.25) is 0 Å². The van der Waals surface area contributed by atoms with Gasteiger partial charge in [0.25, 0.3) is 0 Å². The molecule has 1 saturated carbocycles. The summed E-state index contributed by atoms with van der Waals surface area (Å²) in [5.41, 5.74) is 5.42. The lowest BCUT2D eigenvalue weighted by Crippen LogP contribution is -2.47. The third kappa shape index (κ3) is 1.63. The molecular formula is C9H17NO. The Morgan fingerprint density at radius 3 is 2.45 bits per heavy atom. The van der Waals surface area contributed by atoms with E-state index in [0.29, 0.717) is 5.92 Å². The van der Waals surface area contributed by atoms with Gasteiger partial charge in [-0.15, -0.1) is 6.58 Å². The number of hydrogen-bond donors (Lipinski definition) is 2. The molecule has 0 aromatic heterocycles. The maximum atomic E-state index is 9.05. The number of aliphatic hydroxyl groups excluding tert-OH is 1. The summed E-state index contributed by atoms with van der Waals surface area (Å²) in [6.07, 6.45) is 6.48. The first-order valence-corrected chi connectivity index (χ1v) is 4.26. The van der Waals surface area contributed by atoms with Gasteiger partial charge in [-0.2, -0.15) is 0 Å². The maximum Gasteiger partial charge on any atom is 0.0649 e. The van der Waals surface area contributed by atoms with E-state index in [1.54, 1.807) is 6.08 Å². The lowest BCUT2D eigenvalue weighted by atomic mass is 9.84. The number of hydrogen-bond acceptors (Lipinski definition) is 2. The molecule has 0 amide bonds. The van der Waals surface area contributed by atoms with Crippen molar-refractivity contribution in [3.63, 3.8) is 0 Å². The van der Waals surface area contributed by atoms with Crippen LogP contribution in [0.25, 0.3) is 0 Å². The van der Waals surface area contributed by atoms with Crippen LogP contribution in [0.1, 0.15) is 25.7 Å². The van der Waals surface area contributed by atoms with Crippen LogP contribution >= 0.6 is 0 Å². The Morgan fingerprint density at radius 1 is 1.55 bits per heavy atom. The second kappa shape index (κ2) is 3.37. The fourth-order valence-corrected chi connectivity index (χ4v) is 1.82. The first-order chi connectivity index (χ1) is 5.23. The highest BCUT2D eigenvalue weighted by molar-refractivity contribution is 5.05. The van der Waals surface area contributed by atoms with Gasteiger partial charge in [-0.25, -0.2) is 0 Å². The molecule has 0 aliphatic heterocycles. The second-order valence-corrected chi connectivity index (χ2v) is 3.46. The Hall–Kier alpha value is -0.340. The number of rotatable bonds is 3. The summed E-state index contributed by atoms with van der Waals surface area (Å²) in [7, 11) is 0. The summed E-state index contributed by atoms with van der Waals surface area (Å²) in [4.78, 5) is 0. The van der Waals surface area contributed by atoms with Crippen molar-refractivity contribution in [2.75, 3.05) is 6.61 Å². The average molecular weight is 155 g/mol. The summed E-state index contributed by atoms with van der Waals surface area (Å²) in [6.45, 7) is 3.69. The average Bonchev–Trinajstić information content (AvgIpc) is 2.55. The standard InChI is InChI=1S/C9H17NO/c1-2-9(10,7-11)8-5-3-4-6-8/h2,8,11H,1,3-7,10H2. The van der Waals surface area contributed by atoms with Crippen LogP contribution in [0, 0.1) is 5.92 Å². The Kier molecular flexibility index (Phi) is 2.68. The van der Waals surface area contributed by atoms with Crippen molar-refractivity contribution in [1.29, 1.82) is 0 Å². The molecular weight excluding hydrogens is 138 g/mol. The lowest BCUT2D eigenvalue weighted by molar-refractivity contribution is 0.178. The molecule has 0 radical (unpaired) electrons. The molecule has 1 atom stereocenters. The van der Waals surface area contributed by atoms with E-state index in [0.717, 1.165) is 12.8 Å². The van der Waals surface area contributed by atoms with Crippen molar-refractivity contribution in [2.24, 2.45) is 11.7 Å².